The summed E-state index contributed by atoms with van der Waals surface area (Å²) in [7, 11) is 1.40. The van der Waals surface area contributed by atoms with Crippen molar-refractivity contribution in [3.05, 3.63) is 70.8 Å². The Hall–Kier alpha value is -3.61. The van der Waals surface area contributed by atoms with Gasteiger partial charge in [0.25, 0.3) is 0 Å². The molecule has 0 saturated heterocycles. The summed E-state index contributed by atoms with van der Waals surface area (Å²) in [6.45, 7) is 0.327. The molecule has 0 spiro atoms. The smallest absolute Gasteiger partial charge is 0.315 e. The van der Waals surface area contributed by atoms with E-state index >= 15 is 0 Å². The average molecular weight is 381 g/mol. The first-order valence-corrected chi connectivity index (χ1v) is 8.72. The van der Waals surface area contributed by atoms with E-state index in [1.807, 2.05) is 42.5 Å². The molecule has 0 aliphatic rings. The minimum atomic E-state index is -0.616. The van der Waals surface area contributed by atoms with Gasteiger partial charge in [-0.3, -0.25) is 14.9 Å². The van der Waals surface area contributed by atoms with Crippen molar-refractivity contribution in [1.29, 1.82) is 0 Å². The first kappa shape index (κ1) is 19.2. The highest BCUT2D eigenvalue weighted by molar-refractivity contribution is 5.88. The van der Waals surface area contributed by atoms with E-state index in [1.54, 1.807) is 0 Å². The Labute approximate surface area is 161 Å². The molecule has 28 heavy (non-hydrogen) atoms. The Morgan fingerprint density at radius 2 is 1.82 bits per heavy atom. The summed E-state index contributed by atoms with van der Waals surface area (Å²) >= 11 is 0. The van der Waals surface area contributed by atoms with Gasteiger partial charge in [0.15, 0.2) is 0 Å². The maximum Gasteiger partial charge on any atom is 0.315 e. The lowest BCUT2D eigenvalue weighted by Crippen LogP contribution is -2.11. The molecule has 3 aromatic carbocycles. The lowest BCUT2D eigenvalue weighted by Gasteiger charge is -2.09. The average Bonchev–Trinajstić information content (AvgIpc) is 2.71. The monoisotopic (exact) mass is 381 g/mol. The number of nitro groups is 1. The van der Waals surface area contributed by atoms with Crippen molar-refractivity contribution in [2.24, 2.45) is 0 Å². The molecule has 3 aromatic rings. The van der Waals surface area contributed by atoms with Crippen LogP contribution in [0, 0.1) is 10.1 Å². The van der Waals surface area contributed by atoms with Crippen molar-refractivity contribution in [2.45, 2.75) is 12.8 Å². The Kier molecular flexibility index (Phi) is 6.06. The first-order chi connectivity index (χ1) is 13.6. The molecular formula is C21H19NO6. The van der Waals surface area contributed by atoms with E-state index in [1.165, 1.54) is 25.3 Å². The molecule has 0 atom stereocenters. The van der Waals surface area contributed by atoms with Crippen LogP contribution in [-0.2, 0) is 4.79 Å². The summed E-state index contributed by atoms with van der Waals surface area (Å²) in [4.78, 5) is 22.6. The van der Waals surface area contributed by atoms with Crippen LogP contribution in [0.4, 0.5) is 5.69 Å². The lowest BCUT2D eigenvalue weighted by molar-refractivity contribution is -0.385. The molecule has 3 rings (SSSR count). The Balaban J connectivity index is 1.54. The summed E-state index contributed by atoms with van der Waals surface area (Å²) in [5, 5.41) is 13.2. The third kappa shape index (κ3) is 4.56. The van der Waals surface area contributed by atoms with Crippen LogP contribution in [0.5, 0.6) is 17.2 Å². The standard InChI is InChI=1S/C21H19NO6/c1-26-16-11-12-20(18(14-16)22(24)25)28-21(23)10-5-13-27-19-9-4-7-15-6-2-3-8-17(15)19/h2-4,6-9,11-12,14H,5,10,13H2,1H3. The highest BCUT2D eigenvalue weighted by atomic mass is 16.6. The number of ether oxygens (including phenoxy) is 3. The highest BCUT2D eigenvalue weighted by Gasteiger charge is 2.19. The summed E-state index contributed by atoms with van der Waals surface area (Å²) in [5.74, 6) is 0.396. The van der Waals surface area contributed by atoms with E-state index in [0.717, 1.165) is 16.5 Å². The largest absolute Gasteiger partial charge is 0.496 e. The third-order valence-electron chi connectivity index (χ3n) is 4.12. The van der Waals surface area contributed by atoms with E-state index in [4.69, 9.17) is 14.2 Å². The summed E-state index contributed by atoms with van der Waals surface area (Å²) < 4.78 is 15.9. The number of nitro benzene ring substituents is 1. The number of esters is 1. The van der Waals surface area contributed by atoms with Crippen LogP contribution in [-0.4, -0.2) is 24.6 Å². The quantitative estimate of drug-likeness (QED) is 0.187. The van der Waals surface area contributed by atoms with Crippen LogP contribution in [0.1, 0.15) is 12.8 Å². The van der Waals surface area contributed by atoms with Gasteiger partial charge in [0.1, 0.15) is 11.5 Å². The minimum absolute atomic E-state index is 0.0773. The van der Waals surface area contributed by atoms with Crippen molar-refractivity contribution in [2.75, 3.05) is 13.7 Å². The number of benzene rings is 3. The molecule has 7 heteroatoms. The van der Waals surface area contributed by atoms with Gasteiger partial charge >= 0.3 is 11.7 Å². The second kappa shape index (κ2) is 8.85. The van der Waals surface area contributed by atoms with Gasteiger partial charge in [-0.05, 0) is 30.0 Å². The van der Waals surface area contributed by atoms with Gasteiger partial charge in [-0.1, -0.05) is 36.4 Å². The molecule has 0 N–H and O–H groups in total. The maximum absolute atomic E-state index is 12.0. The van der Waals surface area contributed by atoms with Gasteiger partial charge < -0.3 is 14.2 Å². The molecule has 0 aliphatic heterocycles. The lowest BCUT2D eigenvalue weighted by atomic mass is 10.1. The maximum atomic E-state index is 12.0. The molecule has 144 valence electrons. The minimum Gasteiger partial charge on any atom is -0.496 e. The van der Waals surface area contributed by atoms with E-state index in [2.05, 4.69) is 0 Å². The fourth-order valence-electron chi connectivity index (χ4n) is 2.75. The number of carbonyl (C=O) groups excluding carboxylic acids is 1. The second-order valence-electron chi connectivity index (χ2n) is 5.99. The predicted molar refractivity (Wildman–Crippen MR) is 104 cm³/mol. The normalized spacial score (nSPS) is 10.5. The zero-order chi connectivity index (χ0) is 19.9. The van der Waals surface area contributed by atoms with E-state index in [9.17, 15) is 14.9 Å². The zero-order valence-electron chi connectivity index (χ0n) is 15.3. The fourth-order valence-corrected chi connectivity index (χ4v) is 2.75. The Morgan fingerprint density at radius 3 is 2.61 bits per heavy atom. The zero-order valence-corrected chi connectivity index (χ0v) is 15.3. The molecule has 0 amide bonds. The number of carbonyl (C=O) groups is 1. The molecular weight excluding hydrogens is 362 g/mol. The molecule has 0 saturated carbocycles. The van der Waals surface area contributed by atoms with Crippen LogP contribution in [0.3, 0.4) is 0 Å². The molecule has 0 radical (unpaired) electrons. The number of hydrogen-bond donors (Lipinski definition) is 0. The van der Waals surface area contributed by atoms with Crippen LogP contribution in [0.15, 0.2) is 60.7 Å². The van der Waals surface area contributed by atoms with Crippen molar-refractivity contribution < 1.29 is 23.9 Å². The van der Waals surface area contributed by atoms with Crippen molar-refractivity contribution >= 4 is 22.4 Å². The van der Waals surface area contributed by atoms with Crippen LogP contribution in [0.25, 0.3) is 10.8 Å². The molecule has 0 heterocycles. The molecule has 0 unspecified atom stereocenters. The Bertz CT molecular complexity index is 996. The van der Waals surface area contributed by atoms with Crippen molar-refractivity contribution in [1.82, 2.24) is 0 Å². The fraction of sp³-hybridized carbons (Fsp3) is 0.190. The number of hydrogen-bond acceptors (Lipinski definition) is 6. The van der Waals surface area contributed by atoms with Gasteiger partial charge in [0.05, 0.1) is 24.7 Å². The number of nitrogens with zero attached hydrogens (tertiary/aromatic N) is 1. The highest BCUT2D eigenvalue weighted by Crippen LogP contribution is 2.31. The van der Waals surface area contributed by atoms with Crippen molar-refractivity contribution in [3.8, 4) is 17.2 Å². The predicted octanol–water partition coefficient (Wildman–Crippen LogP) is 4.52. The topological polar surface area (TPSA) is 87.9 Å². The number of fused-ring (bicyclic) bond motifs is 1. The summed E-state index contributed by atoms with van der Waals surface area (Å²) in [6.07, 6.45) is 0.500. The first-order valence-electron chi connectivity index (χ1n) is 8.72. The van der Waals surface area contributed by atoms with Gasteiger partial charge in [-0.2, -0.15) is 0 Å². The van der Waals surface area contributed by atoms with Gasteiger partial charge in [-0.15, -0.1) is 0 Å². The molecule has 0 aliphatic carbocycles. The molecule has 0 bridgehead atoms. The Morgan fingerprint density at radius 1 is 1.04 bits per heavy atom. The molecule has 0 aromatic heterocycles. The van der Waals surface area contributed by atoms with Gasteiger partial charge in [0, 0.05) is 11.8 Å². The number of methoxy groups -OCH3 is 1. The SMILES string of the molecule is COc1ccc(OC(=O)CCCOc2cccc3ccccc23)c([N+](=O)[O-])c1. The van der Waals surface area contributed by atoms with Crippen LogP contribution >= 0.6 is 0 Å². The van der Waals surface area contributed by atoms with Crippen LogP contribution < -0.4 is 14.2 Å². The third-order valence-corrected chi connectivity index (χ3v) is 4.12. The van der Waals surface area contributed by atoms with E-state index < -0.39 is 10.9 Å². The van der Waals surface area contributed by atoms with Gasteiger partial charge in [-0.25, -0.2) is 0 Å². The van der Waals surface area contributed by atoms with Gasteiger partial charge in [0.2, 0.25) is 5.75 Å². The van der Waals surface area contributed by atoms with Crippen LogP contribution in [0.2, 0.25) is 0 Å². The second-order valence-corrected chi connectivity index (χ2v) is 5.99. The summed E-state index contributed by atoms with van der Waals surface area (Å²) in [6, 6.07) is 17.7. The summed E-state index contributed by atoms with van der Waals surface area (Å²) in [5.41, 5.74) is -0.320. The molecule has 0 fully saturated rings. The number of rotatable bonds is 8. The van der Waals surface area contributed by atoms with Crippen molar-refractivity contribution in [3.63, 3.8) is 0 Å². The van der Waals surface area contributed by atoms with E-state index in [-0.39, 0.29) is 17.9 Å². The van der Waals surface area contributed by atoms with E-state index in [0.29, 0.717) is 18.8 Å². The molecule has 7 nitrogen and oxygen atoms in total.